The Bertz CT molecular complexity index is 828. The third kappa shape index (κ3) is 2.75. The summed E-state index contributed by atoms with van der Waals surface area (Å²) in [6.07, 6.45) is 3.23. The van der Waals surface area contributed by atoms with Crippen LogP contribution in [-0.2, 0) is 20.1 Å². The van der Waals surface area contributed by atoms with Gasteiger partial charge in [-0.15, -0.1) is 0 Å². The van der Waals surface area contributed by atoms with Crippen LogP contribution in [0.4, 0.5) is 5.69 Å². The van der Waals surface area contributed by atoms with Crippen molar-refractivity contribution in [3.63, 3.8) is 0 Å². The molecule has 0 bridgehead atoms. The lowest BCUT2D eigenvalue weighted by molar-refractivity contribution is -0.256. The molecule has 1 spiro atoms. The van der Waals surface area contributed by atoms with E-state index in [4.69, 9.17) is 9.47 Å². The summed E-state index contributed by atoms with van der Waals surface area (Å²) in [5.74, 6) is -0.680. The van der Waals surface area contributed by atoms with Gasteiger partial charge in [0.1, 0.15) is 0 Å². The Labute approximate surface area is 157 Å². The number of hydrogen-bond donors (Lipinski definition) is 0. The number of hydrogen-bond acceptors (Lipinski definition) is 4. The van der Waals surface area contributed by atoms with Gasteiger partial charge in [0.2, 0.25) is 0 Å². The molecule has 2 aromatic carbocycles. The quantitative estimate of drug-likeness (QED) is 0.812. The van der Waals surface area contributed by atoms with E-state index in [1.165, 1.54) is 17.7 Å². The van der Waals surface area contributed by atoms with Gasteiger partial charge < -0.3 is 14.4 Å². The third-order valence-corrected chi connectivity index (χ3v) is 6.15. The third-order valence-electron chi connectivity index (χ3n) is 5.16. The molecular weight excluding hydrogens is 346 g/mol. The summed E-state index contributed by atoms with van der Waals surface area (Å²) in [5.41, 5.74) is 1.81. The molecule has 2 fully saturated rings. The fourth-order valence-corrected chi connectivity index (χ4v) is 4.53. The summed E-state index contributed by atoms with van der Waals surface area (Å²) in [6.45, 7) is 1.88. The van der Waals surface area contributed by atoms with Crippen LogP contribution >= 0.6 is 11.8 Å². The molecule has 2 heterocycles. The zero-order chi connectivity index (χ0) is 17.6. The van der Waals surface area contributed by atoms with Gasteiger partial charge in [-0.25, -0.2) is 0 Å². The lowest BCUT2D eigenvalue weighted by atomic mass is 10.1. The Balaban J connectivity index is 1.53. The van der Waals surface area contributed by atoms with Crippen molar-refractivity contribution < 1.29 is 14.3 Å². The van der Waals surface area contributed by atoms with Crippen LogP contribution in [0.15, 0.2) is 58.3 Å². The number of ether oxygens (including phenoxy) is 2. The van der Waals surface area contributed by atoms with Crippen LogP contribution in [-0.4, -0.2) is 25.7 Å². The first-order valence-corrected chi connectivity index (χ1v) is 10.1. The van der Waals surface area contributed by atoms with Gasteiger partial charge in [0.25, 0.3) is 11.7 Å². The van der Waals surface area contributed by atoms with Crippen molar-refractivity contribution in [3.05, 3.63) is 54.1 Å². The van der Waals surface area contributed by atoms with Crippen molar-refractivity contribution in [1.29, 1.82) is 0 Å². The molecule has 5 heteroatoms. The fourth-order valence-electron chi connectivity index (χ4n) is 3.66. The Kier molecular flexibility index (Phi) is 4.03. The average Bonchev–Trinajstić information content (AvgIpc) is 3.48. The highest BCUT2D eigenvalue weighted by molar-refractivity contribution is 7.99. The van der Waals surface area contributed by atoms with Gasteiger partial charge in [0, 0.05) is 21.9 Å². The van der Waals surface area contributed by atoms with Gasteiger partial charge in [0.15, 0.2) is 0 Å². The fraction of sp³-hybridized carbons (Fsp3) is 0.381. The summed E-state index contributed by atoms with van der Waals surface area (Å²) in [4.78, 5) is 17.4. The van der Waals surface area contributed by atoms with Crippen LogP contribution < -0.4 is 4.90 Å². The first kappa shape index (κ1) is 16.4. The zero-order valence-corrected chi connectivity index (χ0v) is 15.3. The highest BCUT2D eigenvalue weighted by atomic mass is 32.2. The van der Waals surface area contributed by atoms with E-state index >= 15 is 0 Å². The van der Waals surface area contributed by atoms with Crippen molar-refractivity contribution in [2.45, 2.75) is 34.8 Å². The van der Waals surface area contributed by atoms with Crippen molar-refractivity contribution in [1.82, 2.24) is 0 Å². The van der Waals surface area contributed by atoms with Crippen molar-refractivity contribution in [3.8, 4) is 0 Å². The number of nitrogens with zero attached hydrogens (tertiary/aromatic N) is 1. The maximum absolute atomic E-state index is 13.2. The minimum absolute atomic E-state index is 0.0547. The topological polar surface area (TPSA) is 38.8 Å². The normalized spacial score (nSPS) is 21.2. The first-order valence-electron chi connectivity index (χ1n) is 9.23. The van der Waals surface area contributed by atoms with E-state index in [0.717, 1.165) is 29.1 Å². The largest absolute Gasteiger partial charge is 0.338 e. The monoisotopic (exact) mass is 367 g/mol. The number of fused-ring (bicyclic) bond motifs is 2. The van der Waals surface area contributed by atoms with Crippen LogP contribution in [0.5, 0.6) is 0 Å². The molecule has 1 amide bonds. The molecule has 1 saturated heterocycles. The number of amides is 1. The van der Waals surface area contributed by atoms with E-state index in [0.29, 0.717) is 19.1 Å². The molecule has 0 radical (unpaired) electrons. The van der Waals surface area contributed by atoms with Gasteiger partial charge in [-0.2, -0.15) is 0 Å². The second-order valence-electron chi connectivity index (χ2n) is 7.12. The molecule has 26 heavy (non-hydrogen) atoms. The number of rotatable bonds is 4. The number of carbonyl (C=O) groups excluding carboxylic acids is 1. The van der Waals surface area contributed by atoms with Gasteiger partial charge in [-0.1, -0.05) is 30.0 Å². The predicted octanol–water partition coefficient (Wildman–Crippen LogP) is 4.18. The minimum atomic E-state index is -1.24. The molecule has 3 aliphatic rings. The summed E-state index contributed by atoms with van der Waals surface area (Å²) in [6, 6.07) is 16.5. The second kappa shape index (κ2) is 6.41. The summed E-state index contributed by atoms with van der Waals surface area (Å²) in [7, 11) is 0. The highest BCUT2D eigenvalue weighted by Gasteiger charge is 2.55. The second-order valence-corrected chi connectivity index (χ2v) is 8.27. The number of benzene rings is 2. The molecule has 134 valence electrons. The SMILES string of the molecule is O=C1N(CC2CC2)c2ccc(Sc3ccccc3)cc2C12OCCCO2. The summed E-state index contributed by atoms with van der Waals surface area (Å²) in [5, 5.41) is 0. The van der Waals surface area contributed by atoms with Crippen LogP contribution in [0, 0.1) is 5.92 Å². The summed E-state index contributed by atoms with van der Waals surface area (Å²) >= 11 is 1.69. The molecule has 5 rings (SSSR count). The van der Waals surface area contributed by atoms with Gasteiger partial charge in [-0.05, 0) is 55.5 Å². The maximum Gasteiger partial charge on any atom is 0.292 e. The van der Waals surface area contributed by atoms with Gasteiger partial charge >= 0.3 is 0 Å². The highest BCUT2D eigenvalue weighted by Crippen LogP contribution is 2.48. The Morgan fingerprint density at radius 1 is 1.04 bits per heavy atom. The van der Waals surface area contributed by atoms with E-state index in [2.05, 4.69) is 30.3 Å². The maximum atomic E-state index is 13.2. The van der Waals surface area contributed by atoms with Gasteiger partial charge in [0.05, 0.1) is 18.9 Å². The van der Waals surface area contributed by atoms with E-state index in [1.54, 1.807) is 11.8 Å². The summed E-state index contributed by atoms with van der Waals surface area (Å²) < 4.78 is 12.0. The lowest BCUT2D eigenvalue weighted by Crippen LogP contribution is -2.47. The van der Waals surface area contributed by atoms with Crippen molar-refractivity contribution >= 4 is 23.4 Å². The van der Waals surface area contributed by atoms with Crippen LogP contribution in [0.1, 0.15) is 24.8 Å². The number of carbonyl (C=O) groups is 1. The Morgan fingerprint density at radius 2 is 1.81 bits per heavy atom. The molecular formula is C21H21NO3S. The van der Waals surface area contributed by atoms with Gasteiger partial charge in [-0.3, -0.25) is 4.79 Å². The zero-order valence-electron chi connectivity index (χ0n) is 14.5. The van der Waals surface area contributed by atoms with Crippen LogP contribution in [0.2, 0.25) is 0 Å². The molecule has 2 aromatic rings. The smallest absolute Gasteiger partial charge is 0.292 e. The molecule has 4 nitrogen and oxygen atoms in total. The molecule has 0 unspecified atom stereocenters. The van der Waals surface area contributed by atoms with E-state index in [1.807, 2.05) is 23.1 Å². The molecule has 0 atom stereocenters. The Morgan fingerprint density at radius 3 is 2.54 bits per heavy atom. The first-order chi connectivity index (χ1) is 12.8. The Hall–Kier alpha value is -1.82. The van der Waals surface area contributed by atoms with E-state index in [9.17, 15) is 4.79 Å². The van der Waals surface area contributed by atoms with Crippen LogP contribution in [0.25, 0.3) is 0 Å². The number of anilines is 1. The standard InChI is InChI=1S/C21H21NO3S/c23-20-21(24-11-4-12-25-21)18-13-17(26-16-5-2-1-3-6-16)9-10-19(18)22(20)14-15-7-8-15/h1-3,5-6,9-10,13,15H,4,7-8,11-12,14H2. The van der Waals surface area contributed by atoms with Crippen molar-refractivity contribution in [2.75, 3.05) is 24.7 Å². The lowest BCUT2D eigenvalue weighted by Gasteiger charge is -2.32. The molecule has 1 aliphatic carbocycles. The van der Waals surface area contributed by atoms with E-state index < -0.39 is 5.79 Å². The van der Waals surface area contributed by atoms with Crippen LogP contribution in [0.3, 0.4) is 0 Å². The molecule has 1 saturated carbocycles. The average molecular weight is 367 g/mol. The minimum Gasteiger partial charge on any atom is -0.338 e. The molecule has 0 N–H and O–H groups in total. The predicted molar refractivity (Wildman–Crippen MR) is 100 cm³/mol. The molecule has 0 aromatic heterocycles. The van der Waals surface area contributed by atoms with Crippen molar-refractivity contribution in [2.24, 2.45) is 5.92 Å². The van der Waals surface area contributed by atoms with E-state index in [-0.39, 0.29) is 5.91 Å². The molecule has 2 aliphatic heterocycles.